The molecular formula is C10H10N2O2. The molecule has 0 aromatic carbocycles. The molecule has 0 radical (unpaired) electrons. The highest BCUT2D eigenvalue weighted by Crippen LogP contribution is 2.87. The first-order chi connectivity index (χ1) is 6.60. The second kappa shape index (κ2) is 1.51. The van der Waals surface area contributed by atoms with Gasteiger partial charge in [-0.1, -0.05) is 0 Å². The van der Waals surface area contributed by atoms with Gasteiger partial charge < -0.3 is 0 Å². The quantitative estimate of drug-likeness (QED) is 0.558. The average molecular weight is 190 g/mol. The van der Waals surface area contributed by atoms with E-state index in [4.69, 9.17) is 0 Å². The highest BCUT2D eigenvalue weighted by molar-refractivity contribution is 5.43. The smallest absolute Gasteiger partial charge is 0.291 e. The van der Waals surface area contributed by atoms with Gasteiger partial charge in [0.2, 0.25) is 0 Å². The lowest BCUT2D eigenvalue weighted by Gasteiger charge is -2.16. The Morgan fingerprint density at radius 3 is 2.79 bits per heavy atom. The monoisotopic (exact) mass is 190 g/mol. The molecule has 4 heteroatoms. The van der Waals surface area contributed by atoms with Gasteiger partial charge in [-0.25, -0.2) is 4.79 Å². The molecule has 4 nitrogen and oxygen atoms in total. The van der Waals surface area contributed by atoms with E-state index in [2.05, 4.69) is 0 Å². The number of aromatic nitrogens is 2. The number of hydrogen-bond donors (Lipinski definition) is 0. The van der Waals surface area contributed by atoms with Crippen LogP contribution in [0.4, 0.5) is 0 Å². The van der Waals surface area contributed by atoms with Gasteiger partial charge in [-0.3, -0.25) is 13.9 Å². The summed E-state index contributed by atoms with van der Waals surface area (Å²) in [4.78, 5) is 23.3. The van der Waals surface area contributed by atoms with E-state index in [1.165, 1.54) is 4.57 Å². The summed E-state index contributed by atoms with van der Waals surface area (Å²) in [5, 5.41) is 0. The van der Waals surface area contributed by atoms with Crippen molar-refractivity contribution in [2.75, 3.05) is 0 Å². The summed E-state index contributed by atoms with van der Waals surface area (Å²) in [6.45, 7) is 0. The Morgan fingerprint density at radius 1 is 1.36 bits per heavy atom. The fourth-order valence-corrected chi connectivity index (χ4v) is 3.27. The summed E-state index contributed by atoms with van der Waals surface area (Å²) in [5.74, 6) is 0. The number of fused-ring (bicyclic) bond motifs is 1. The van der Waals surface area contributed by atoms with Crippen LogP contribution in [0.2, 0.25) is 0 Å². The van der Waals surface area contributed by atoms with Gasteiger partial charge in [0.05, 0.1) is 5.54 Å². The van der Waals surface area contributed by atoms with Crippen molar-refractivity contribution in [1.29, 1.82) is 0 Å². The minimum atomic E-state index is -0.172. The van der Waals surface area contributed by atoms with E-state index < -0.39 is 0 Å². The Balaban J connectivity index is 2.17. The van der Waals surface area contributed by atoms with Crippen LogP contribution in [-0.4, -0.2) is 9.13 Å². The molecular weight excluding hydrogens is 180 g/mol. The molecule has 72 valence electrons. The first-order valence-corrected chi connectivity index (χ1v) is 4.92. The zero-order valence-electron chi connectivity index (χ0n) is 7.91. The third-order valence-electron chi connectivity index (χ3n) is 4.33. The average Bonchev–Trinajstić information content (AvgIpc) is 2.84. The van der Waals surface area contributed by atoms with Crippen molar-refractivity contribution in [3.63, 3.8) is 0 Å². The van der Waals surface area contributed by atoms with E-state index in [1.54, 1.807) is 13.1 Å². The van der Waals surface area contributed by atoms with Crippen molar-refractivity contribution in [3.8, 4) is 0 Å². The highest BCUT2D eigenvalue weighted by Gasteiger charge is 2.87. The maximum atomic E-state index is 11.9. The van der Waals surface area contributed by atoms with E-state index >= 15 is 0 Å². The third-order valence-corrected chi connectivity index (χ3v) is 4.33. The normalized spacial score (nSPS) is 40.1. The molecule has 1 aliphatic heterocycles. The van der Waals surface area contributed by atoms with Crippen molar-refractivity contribution in [2.24, 2.45) is 12.5 Å². The fourth-order valence-electron chi connectivity index (χ4n) is 3.27. The highest BCUT2D eigenvalue weighted by atomic mass is 16.2. The summed E-state index contributed by atoms with van der Waals surface area (Å²) in [6.07, 6.45) is 3.26. The lowest BCUT2D eigenvalue weighted by atomic mass is 10.1. The van der Waals surface area contributed by atoms with Gasteiger partial charge in [0.15, 0.2) is 0 Å². The number of hydrogen-bond acceptors (Lipinski definition) is 2. The van der Waals surface area contributed by atoms with Crippen LogP contribution in [0, 0.1) is 5.41 Å². The van der Waals surface area contributed by atoms with Crippen molar-refractivity contribution >= 4 is 0 Å². The molecule has 0 N–H and O–H groups in total. The van der Waals surface area contributed by atoms with Crippen LogP contribution in [0.15, 0.2) is 15.7 Å². The van der Waals surface area contributed by atoms with Gasteiger partial charge in [0.25, 0.3) is 5.56 Å². The molecule has 3 aliphatic rings. The minimum Gasteiger partial charge on any atom is -0.291 e. The summed E-state index contributed by atoms with van der Waals surface area (Å²) < 4.78 is 3.08. The molecule has 2 heterocycles. The summed E-state index contributed by atoms with van der Waals surface area (Å²) >= 11 is 0. The van der Waals surface area contributed by atoms with Crippen molar-refractivity contribution in [1.82, 2.24) is 9.13 Å². The Hall–Kier alpha value is -1.32. The van der Waals surface area contributed by atoms with Crippen molar-refractivity contribution in [3.05, 3.63) is 32.6 Å². The van der Waals surface area contributed by atoms with E-state index in [-0.39, 0.29) is 16.8 Å². The topological polar surface area (TPSA) is 44.0 Å². The van der Waals surface area contributed by atoms with Gasteiger partial charge >= 0.3 is 5.69 Å². The van der Waals surface area contributed by atoms with Gasteiger partial charge in [-0.05, 0) is 19.3 Å². The summed E-state index contributed by atoms with van der Waals surface area (Å²) in [6, 6.07) is 1.62. The largest absolute Gasteiger partial charge is 0.331 e. The number of nitrogens with zero attached hydrogens (tertiary/aromatic N) is 2. The second-order valence-corrected chi connectivity index (χ2v) is 4.99. The van der Waals surface area contributed by atoms with E-state index in [1.807, 2.05) is 4.57 Å². The van der Waals surface area contributed by atoms with Crippen LogP contribution in [0.1, 0.15) is 18.5 Å². The predicted molar refractivity (Wildman–Crippen MR) is 49.3 cm³/mol. The minimum absolute atomic E-state index is 0.121. The Labute approximate surface area is 79.8 Å². The lowest BCUT2D eigenvalue weighted by molar-refractivity contribution is 0.487. The summed E-state index contributed by atoms with van der Waals surface area (Å²) in [5.41, 5.74) is 1.22. The van der Waals surface area contributed by atoms with Crippen LogP contribution in [0.25, 0.3) is 0 Å². The van der Waals surface area contributed by atoms with Crippen molar-refractivity contribution < 1.29 is 0 Å². The molecule has 2 aliphatic carbocycles. The molecule has 1 aromatic heterocycles. The Morgan fingerprint density at radius 2 is 2.07 bits per heavy atom. The molecule has 0 bridgehead atoms. The number of rotatable bonds is 0. The van der Waals surface area contributed by atoms with Crippen LogP contribution < -0.4 is 11.2 Å². The zero-order valence-corrected chi connectivity index (χ0v) is 7.91. The van der Waals surface area contributed by atoms with Gasteiger partial charge in [-0.2, -0.15) is 0 Å². The molecule has 2 fully saturated rings. The van der Waals surface area contributed by atoms with E-state index in [0.29, 0.717) is 5.41 Å². The standard InChI is InChI=1S/C10H10N2O2/c1-11-7(13)2-6-3-9-4-10(9,5-9)12(6)8(11)14/h2H,3-5H2,1H3. The Bertz CT molecular complexity index is 587. The molecule has 0 atom stereocenters. The fraction of sp³-hybridized carbons (Fsp3) is 0.600. The lowest BCUT2D eigenvalue weighted by Crippen LogP contribution is -2.41. The molecule has 1 aromatic rings. The van der Waals surface area contributed by atoms with Gasteiger partial charge in [0.1, 0.15) is 0 Å². The van der Waals surface area contributed by atoms with Crippen molar-refractivity contribution in [2.45, 2.75) is 24.8 Å². The van der Waals surface area contributed by atoms with Crippen LogP contribution in [-0.2, 0) is 19.0 Å². The maximum Gasteiger partial charge on any atom is 0.331 e. The second-order valence-electron chi connectivity index (χ2n) is 4.99. The third kappa shape index (κ3) is 0.459. The molecule has 4 rings (SSSR count). The maximum absolute atomic E-state index is 11.9. The summed E-state index contributed by atoms with van der Waals surface area (Å²) in [7, 11) is 1.55. The zero-order chi connectivity index (χ0) is 9.72. The van der Waals surface area contributed by atoms with E-state index in [0.717, 1.165) is 25.0 Å². The van der Waals surface area contributed by atoms with Gasteiger partial charge in [-0.15, -0.1) is 0 Å². The molecule has 2 saturated carbocycles. The predicted octanol–water partition coefficient (Wildman–Crippen LogP) is -0.408. The first-order valence-electron chi connectivity index (χ1n) is 4.92. The molecule has 0 saturated heterocycles. The SMILES string of the molecule is Cn1c(=O)cc2n(c1=O)C13CC1(C2)C3. The van der Waals surface area contributed by atoms with Crippen LogP contribution in [0.3, 0.4) is 0 Å². The van der Waals surface area contributed by atoms with Crippen LogP contribution >= 0.6 is 0 Å². The first kappa shape index (κ1) is 7.04. The van der Waals surface area contributed by atoms with Gasteiger partial charge in [0, 0.05) is 24.2 Å². The Kier molecular flexibility index (Phi) is 0.760. The molecule has 0 unspecified atom stereocenters. The molecule has 14 heavy (non-hydrogen) atoms. The molecule has 0 spiro atoms. The molecule has 0 amide bonds. The van der Waals surface area contributed by atoms with Crippen LogP contribution in [0.5, 0.6) is 0 Å². The van der Waals surface area contributed by atoms with E-state index in [9.17, 15) is 9.59 Å².